The zero-order chi connectivity index (χ0) is 12.5. The van der Waals surface area contributed by atoms with Crippen LogP contribution in [0.1, 0.15) is 30.1 Å². The van der Waals surface area contributed by atoms with Crippen LogP contribution in [0.4, 0.5) is 0 Å². The Kier molecular flexibility index (Phi) is 6.89. The fourth-order valence-electron chi connectivity index (χ4n) is 1.27. The summed E-state index contributed by atoms with van der Waals surface area (Å²) in [5, 5.41) is 0. The van der Waals surface area contributed by atoms with Crippen molar-refractivity contribution >= 4 is 22.2 Å². The molecule has 0 spiro atoms. The van der Waals surface area contributed by atoms with Gasteiger partial charge in [0.05, 0.1) is 11.1 Å². The van der Waals surface area contributed by atoms with Crippen molar-refractivity contribution in [1.29, 1.82) is 0 Å². The fraction of sp³-hybridized carbons (Fsp3) is 0.462. The molecular formula is C13H17BrO3. The van der Waals surface area contributed by atoms with E-state index in [1.54, 1.807) is 18.2 Å². The van der Waals surface area contributed by atoms with Crippen LogP contribution in [0.5, 0.6) is 5.75 Å². The van der Waals surface area contributed by atoms with Crippen LogP contribution in [-0.2, 0) is 4.74 Å². The van der Waals surface area contributed by atoms with E-state index < -0.39 is 0 Å². The molecule has 0 aliphatic carbocycles. The maximum absolute atomic E-state index is 10.5. The third-order valence-electron chi connectivity index (χ3n) is 2.22. The number of aldehydes is 1. The first-order chi connectivity index (χ1) is 8.27. The molecule has 0 atom stereocenters. The highest BCUT2D eigenvalue weighted by Crippen LogP contribution is 2.25. The van der Waals surface area contributed by atoms with Gasteiger partial charge in [-0.15, -0.1) is 0 Å². The van der Waals surface area contributed by atoms with Crippen LogP contribution in [0.15, 0.2) is 22.7 Å². The lowest BCUT2D eigenvalue weighted by Crippen LogP contribution is -2.07. The van der Waals surface area contributed by atoms with Crippen LogP contribution in [0.3, 0.4) is 0 Å². The van der Waals surface area contributed by atoms with Gasteiger partial charge in [-0.05, 0) is 40.5 Å². The molecule has 0 heterocycles. The topological polar surface area (TPSA) is 35.5 Å². The highest BCUT2D eigenvalue weighted by Gasteiger charge is 2.02. The Balaban J connectivity index is 2.29. The number of hydrogen-bond acceptors (Lipinski definition) is 3. The molecule has 0 saturated carbocycles. The smallest absolute Gasteiger partial charge is 0.150 e. The van der Waals surface area contributed by atoms with Crippen LogP contribution in [-0.4, -0.2) is 26.1 Å². The number of unbranched alkanes of at least 4 members (excludes halogenated alkanes) is 1. The SMILES string of the molecule is CCCCOCCOc1ccc(C=O)cc1Br. The number of rotatable bonds is 8. The summed E-state index contributed by atoms with van der Waals surface area (Å²) in [5.74, 6) is 0.731. The summed E-state index contributed by atoms with van der Waals surface area (Å²) in [6.45, 7) is 4.02. The van der Waals surface area contributed by atoms with E-state index in [0.717, 1.165) is 36.0 Å². The Bertz CT molecular complexity index is 353. The van der Waals surface area contributed by atoms with E-state index >= 15 is 0 Å². The van der Waals surface area contributed by atoms with Gasteiger partial charge in [-0.2, -0.15) is 0 Å². The van der Waals surface area contributed by atoms with Crippen molar-refractivity contribution in [3.8, 4) is 5.75 Å². The van der Waals surface area contributed by atoms with Crippen LogP contribution in [0.25, 0.3) is 0 Å². The molecule has 3 nitrogen and oxygen atoms in total. The average molecular weight is 301 g/mol. The molecule has 0 radical (unpaired) electrons. The Morgan fingerprint density at radius 1 is 1.29 bits per heavy atom. The van der Waals surface area contributed by atoms with Gasteiger partial charge in [0.15, 0.2) is 0 Å². The van der Waals surface area contributed by atoms with Gasteiger partial charge in [-0.3, -0.25) is 4.79 Å². The van der Waals surface area contributed by atoms with Gasteiger partial charge in [0, 0.05) is 12.2 Å². The first-order valence-electron chi connectivity index (χ1n) is 5.73. The molecule has 0 N–H and O–H groups in total. The van der Waals surface area contributed by atoms with E-state index in [1.165, 1.54) is 0 Å². The molecule has 1 aromatic rings. The maximum atomic E-state index is 10.5. The van der Waals surface area contributed by atoms with Gasteiger partial charge in [-0.25, -0.2) is 0 Å². The van der Waals surface area contributed by atoms with E-state index in [0.29, 0.717) is 18.8 Å². The lowest BCUT2D eigenvalue weighted by Gasteiger charge is -2.08. The minimum Gasteiger partial charge on any atom is -0.490 e. The molecule has 94 valence electrons. The van der Waals surface area contributed by atoms with Crippen molar-refractivity contribution in [1.82, 2.24) is 0 Å². The van der Waals surface area contributed by atoms with Crippen molar-refractivity contribution in [3.63, 3.8) is 0 Å². The Morgan fingerprint density at radius 2 is 2.12 bits per heavy atom. The van der Waals surface area contributed by atoms with Crippen LogP contribution in [0.2, 0.25) is 0 Å². The Hall–Kier alpha value is -0.870. The molecule has 0 unspecified atom stereocenters. The zero-order valence-electron chi connectivity index (χ0n) is 9.95. The van der Waals surface area contributed by atoms with Crippen LogP contribution >= 0.6 is 15.9 Å². The van der Waals surface area contributed by atoms with Gasteiger partial charge in [0.2, 0.25) is 0 Å². The van der Waals surface area contributed by atoms with Crippen molar-refractivity contribution in [3.05, 3.63) is 28.2 Å². The molecule has 0 aliphatic heterocycles. The number of carbonyl (C=O) groups excluding carboxylic acids is 1. The van der Waals surface area contributed by atoms with Gasteiger partial charge in [-0.1, -0.05) is 13.3 Å². The summed E-state index contributed by atoms with van der Waals surface area (Å²) in [6.07, 6.45) is 3.03. The second-order valence-corrected chi connectivity index (χ2v) is 4.48. The molecule has 0 fully saturated rings. The summed E-state index contributed by atoms with van der Waals surface area (Å²) < 4.78 is 11.7. The Morgan fingerprint density at radius 3 is 2.76 bits per heavy atom. The maximum Gasteiger partial charge on any atom is 0.150 e. The van der Waals surface area contributed by atoms with Crippen LogP contribution in [0, 0.1) is 0 Å². The van der Waals surface area contributed by atoms with E-state index in [-0.39, 0.29) is 0 Å². The molecule has 1 rings (SSSR count). The molecule has 17 heavy (non-hydrogen) atoms. The zero-order valence-corrected chi connectivity index (χ0v) is 11.5. The molecule has 1 aromatic carbocycles. The number of benzene rings is 1. The predicted molar refractivity (Wildman–Crippen MR) is 70.8 cm³/mol. The molecule has 0 bridgehead atoms. The summed E-state index contributed by atoms with van der Waals surface area (Å²) in [7, 11) is 0. The van der Waals surface area contributed by atoms with Crippen LogP contribution < -0.4 is 4.74 Å². The highest BCUT2D eigenvalue weighted by molar-refractivity contribution is 9.10. The third-order valence-corrected chi connectivity index (χ3v) is 2.84. The molecule has 0 amide bonds. The average Bonchev–Trinajstić information content (AvgIpc) is 2.35. The van der Waals surface area contributed by atoms with E-state index in [4.69, 9.17) is 9.47 Å². The van der Waals surface area contributed by atoms with Crippen molar-refractivity contribution in [2.24, 2.45) is 0 Å². The molecule has 0 aliphatic rings. The van der Waals surface area contributed by atoms with Gasteiger partial charge in [0.25, 0.3) is 0 Å². The van der Waals surface area contributed by atoms with Crippen molar-refractivity contribution < 1.29 is 14.3 Å². The van der Waals surface area contributed by atoms with Crippen molar-refractivity contribution in [2.75, 3.05) is 19.8 Å². The second-order valence-electron chi connectivity index (χ2n) is 3.62. The standard InChI is InChI=1S/C13H17BrO3/c1-2-3-6-16-7-8-17-13-5-4-11(10-15)9-12(13)14/h4-5,9-10H,2-3,6-8H2,1H3. The molecule has 0 aromatic heterocycles. The number of carbonyl (C=O) groups is 1. The lowest BCUT2D eigenvalue weighted by molar-refractivity contribution is 0.0978. The second kappa shape index (κ2) is 8.25. The van der Waals surface area contributed by atoms with Gasteiger partial charge < -0.3 is 9.47 Å². The number of hydrogen-bond donors (Lipinski definition) is 0. The van der Waals surface area contributed by atoms with Crippen molar-refractivity contribution in [2.45, 2.75) is 19.8 Å². The summed E-state index contributed by atoms with van der Waals surface area (Å²) in [5.41, 5.74) is 0.628. The first-order valence-corrected chi connectivity index (χ1v) is 6.52. The van der Waals surface area contributed by atoms with Gasteiger partial charge in [0.1, 0.15) is 18.6 Å². The molecule has 0 saturated heterocycles. The first kappa shape index (κ1) is 14.2. The van der Waals surface area contributed by atoms with E-state index in [2.05, 4.69) is 22.9 Å². The number of ether oxygens (including phenoxy) is 2. The fourth-order valence-corrected chi connectivity index (χ4v) is 1.78. The minimum atomic E-state index is 0.517. The normalized spacial score (nSPS) is 10.2. The number of halogens is 1. The quantitative estimate of drug-likeness (QED) is 0.545. The monoisotopic (exact) mass is 300 g/mol. The predicted octanol–water partition coefficient (Wildman–Crippen LogP) is 3.46. The summed E-state index contributed by atoms with van der Waals surface area (Å²) in [4.78, 5) is 10.5. The molecular weight excluding hydrogens is 284 g/mol. The largest absolute Gasteiger partial charge is 0.490 e. The summed E-state index contributed by atoms with van der Waals surface area (Å²) >= 11 is 3.36. The molecule has 4 heteroatoms. The van der Waals surface area contributed by atoms with Gasteiger partial charge >= 0.3 is 0 Å². The van der Waals surface area contributed by atoms with E-state index in [9.17, 15) is 4.79 Å². The Labute approximate surface area is 110 Å². The minimum absolute atomic E-state index is 0.517. The highest BCUT2D eigenvalue weighted by atomic mass is 79.9. The lowest BCUT2D eigenvalue weighted by atomic mass is 10.2. The van der Waals surface area contributed by atoms with E-state index in [1.807, 2.05) is 0 Å². The third kappa shape index (κ3) is 5.33. The summed E-state index contributed by atoms with van der Waals surface area (Å²) in [6, 6.07) is 5.24.